The van der Waals surface area contributed by atoms with E-state index in [-0.39, 0.29) is 11.6 Å². The van der Waals surface area contributed by atoms with Crippen LogP contribution in [0.4, 0.5) is 8.78 Å². The second-order valence-corrected chi connectivity index (χ2v) is 7.32. The fourth-order valence-corrected chi connectivity index (χ4v) is 3.87. The third-order valence-corrected chi connectivity index (χ3v) is 5.25. The van der Waals surface area contributed by atoms with Crippen molar-refractivity contribution in [3.05, 3.63) is 90.1 Å². The molecule has 0 aromatic heterocycles. The van der Waals surface area contributed by atoms with Crippen LogP contribution in [0.25, 0.3) is 33.4 Å². The van der Waals surface area contributed by atoms with E-state index in [2.05, 4.69) is 10.2 Å². The number of ether oxygens (including phenoxy) is 1. The second-order valence-electron chi connectivity index (χ2n) is 7.32. The number of halogens is 2. The molecular weight excluding hydrogens is 396 g/mol. The minimum atomic E-state index is -0.345. The molecule has 4 nitrogen and oxygen atoms in total. The monoisotopic (exact) mass is 415 g/mol. The minimum Gasteiger partial charge on any atom is -0.494 e. The Morgan fingerprint density at radius 3 is 2.42 bits per heavy atom. The number of nitrogens with zero attached hydrogens (tertiary/aromatic N) is 3. The molecule has 0 aliphatic carbocycles. The molecule has 0 unspecified atom stereocenters. The van der Waals surface area contributed by atoms with Gasteiger partial charge in [0.25, 0.3) is 0 Å². The van der Waals surface area contributed by atoms with Gasteiger partial charge in [-0.3, -0.25) is 0 Å². The van der Waals surface area contributed by atoms with Gasteiger partial charge in [-0.05, 0) is 67.1 Å². The Bertz CT molecular complexity index is 1350. The number of benzene rings is 3. The zero-order valence-electron chi connectivity index (χ0n) is 16.8. The van der Waals surface area contributed by atoms with Gasteiger partial charge in [-0.1, -0.05) is 12.1 Å². The summed E-state index contributed by atoms with van der Waals surface area (Å²) in [5.41, 5.74) is 4.64. The van der Waals surface area contributed by atoms with Gasteiger partial charge in [0.15, 0.2) is 0 Å². The molecule has 2 aliphatic rings. The summed E-state index contributed by atoms with van der Waals surface area (Å²) in [4.78, 5) is 0. The first kappa shape index (κ1) is 19.2. The van der Waals surface area contributed by atoms with Crippen LogP contribution in [0.5, 0.6) is 5.75 Å². The average molecular weight is 415 g/mol. The first-order valence-electron chi connectivity index (χ1n) is 10.0. The van der Waals surface area contributed by atoms with Crippen molar-refractivity contribution >= 4 is 10.9 Å². The van der Waals surface area contributed by atoms with Crippen molar-refractivity contribution < 1.29 is 13.5 Å². The van der Waals surface area contributed by atoms with Gasteiger partial charge in [0, 0.05) is 29.3 Å². The third kappa shape index (κ3) is 3.61. The van der Waals surface area contributed by atoms with Crippen LogP contribution in [-0.4, -0.2) is 21.4 Å². The first-order valence-corrected chi connectivity index (χ1v) is 10.0. The molecule has 0 amide bonds. The van der Waals surface area contributed by atoms with E-state index in [9.17, 15) is 8.78 Å². The lowest BCUT2D eigenvalue weighted by Gasteiger charge is -2.15. The van der Waals surface area contributed by atoms with Crippen molar-refractivity contribution in [3.63, 3.8) is 0 Å². The summed E-state index contributed by atoms with van der Waals surface area (Å²) in [5.74, 6) is 0.146. The molecule has 154 valence electrons. The second kappa shape index (κ2) is 7.80. The van der Waals surface area contributed by atoms with Crippen molar-refractivity contribution in [1.82, 2.24) is 14.8 Å². The van der Waals surface area contributed by atoms with E-state index in [1.165, 1.54) is 24.3 Å². The number of rotatable bonds is 5. The summed E-state index contributed by atoms with van der Waals surface area (Å²) in [5, 5.41) is 9.43. The summed E-state index contributed by atoms with van der Waals surface area (Å²) in [6.45, 7) is 2.96. The number of hydrogen-bond acceptors (Lipinski definition) is 3. The van der Waals surface area contributed by atoms with Crippen LogP contribution in [0.3, 0.4) is 0 Å². The standard InChI is InChI=1S/C25H19F2N3O/c1-2-31-20-9-6-17(7-10-20)24-22-15-30(14-16-4-3-5-18(26)12-16)23-11-8-19(27)13-21(23)25(22)29-28-24/h3-13,15H,2,14H2,1H3. The molecule has 6 heteroatoms. The SMILES string of the molecule is CCOc1ccc(-c2nnc3c4cc(F)ccc4n(Cc4cccc(F)c4)cc2-3)cc1. The van der Waals surface area contributed by atoms with Crippen LogP contribution in [0, 0.1) is 11.6 Å². The number of pyridine rings is 1. The molecular formula is C25H19F2N3O. The average Bonchev–Trinajstić information content (AvgIpc) is 3.18. The van der Waals surface area contributed by atoms with Crippen LogP contribution in [0.1, 0.15) is 12.5 Å². The van der Waals surface area contributed by atoms with Gasteiger partial charge >= 0.3 is 0 Å². The molecule has 3 aromatic carbocycles. The minimum absolute atomic E-state index is 0.291. The van der Waals surface area contributed by atoms with Crippen molar-refractivity contribution in [2.24, 2.45) is 0 Å². The maximum absolute atomic E-state index is 14.1. The molecule has 31 heavy (non-hydrogen) atoms. The van der Waals surface area contributed by atoms with Gasteiger partial charge < -0.3 is 9.30 Å². The molecule has 0 fully saturated rings. The smallest absolute Gasteiger partial charge is 0.124 e. The van der Waals surface area contributed by atoms with Crippen LogP contribution in [0.15, 0.2) is 72.9 Å². The molecule has 2 heterocycles. The van der Waals surface area contributed by atoms with Crippen LogP contribution < -0.4 is 4.74 Å². The Morgan fingerprint density at radius 2 is 1.65 bits per heavy atom. The topological polar surface area (TPSA) is 39.9 Å². The maximum atomic E-state index is 14.1. The maximum Gasteiger partial charge on any atom is 0.124 e. The normalized spacial score (nSPS) is 11.3. The molecule has 0 spiro atoms. The van der Waals surface area contributed by atoms with E-state index in [1.54, 1.807) is 12.1 Å². The van der Waals surface area contributed by atoms with Crippen molar-refractivity contribution in [2.45, 2.75) is 13.5 Å². The van der Waals surface area contributed by atoms with Crippen molar-refractivity contribution in [2.75, 3.05) is 6.61 Å². The highest BCUT2D eigenvalue weighted by molar-refractivity contribution is 5.98. The molecule has 2 aliphatic heterocycles. The van der Waals surface area contributed by atoms with E-state index >= 15 is 0 Å². The quantitative estimate of drug-likeness (QED) is 0.357. The molecule has 0 atom stereocenters. The predicted octanol–water partition coefficient (Wildman–Crippen LogP) is 5.93. The van der Waals surface area contributed by atoms with E-state index in [1.807, 2.05) is 48.0 Å². The third-order valence-electron chi connectivity index (χ3n) is 5.25. The Morgan fingerprint density at radius 1 is 0.871 bits per heavy atom. The summed E-state index contributed by atoms with van der Waals surface area (Å²) in [7, 11) is 0. The fraction of sp³-hybridized carbons (Fsp3) is 0.120. The van der Waals surface area contributed by atoms with Gasteiger partial charge in [0.05, 0.1) is 12.1 Å². The lowest BCUT2D eigenvalue weighted by atomic mass is 10.0. The van der Waals surface area contributed by atoms with Gasteiger partial charge in [-0.2, -0.15) is 0 Å². The van der Waals surface area contributed by atoms with E-state index in [4.69, 9.17) is 4.74 Å². The summed E-state index contributed by atoms with van der Waals surface area (Å²) >= 11 is 0. The lowest BCUT2D eigenvalue weighted by molar-refractivity contribution is 0.340. The highest BCUT2D eigenvalue weighted by atomic mass is 19.1. The number of hydrogen-bond donors (Lipinski definition) is 0. The highest BCUT2D eigenvalue weighted by Gasteiger charge is 2.20. The molecule has 0 N–H and O–H groups in total. The van der Waals surface area contributed by atoms with Crippen molar-refractivity contribution in [1.29, 1.82) is 0 Å². The van der Waals surface area contributed by atoms with Gasteiger partial charge in [0.1, 0.15) is 28.8 Å². The van der Waals surface area contributed by atoms with Crippen molar-refractivity contribution in [3.8, 4) is 28.3 Å². The van der Waals surface area contributed by atoms with E-state index < -0.39 is 0 Å². The molecule has 0 radical (unpaired) electrons. The molecule has 3 aromatic rings. The van der Waals surface area contributed by atoms with Gasteiger partial charge in [0.2, 0.25) is 0 Å². The van der Waals surface area contributed by atoms with E-state index in [0.29, 0.717) is 29.9 Å². The largest absolute Gasteiger partial charge is 0.494 e. The zero-order chi connectivity index (χ0) is 21.4. The first-order chi connectivity index (χ1) is 15.1. The zero-order valence-corrected chi connectivity index (χ0v) is 16.8. The fourth-order valence-electron chi connectivity index (χ4n) is 3.87. The van der Waals surface area contributed by atoms with Gasteiger partial charge in [-0.15, -0.1) is 10.2 Å². The Balaban J connectivity index is 1.67. The predicted molar refractivity (Wildman–Crippen MR) is 116 cm³/mol. The number of aromatic nitrogens is 3. The molecule has 0 saturated carbocycles. The van der Waals surface area contributed by atoms with Crippen LogP contribution in [-0.2, 0) is 6.54 Å². The number of fused-ring (bicyclic) bond motifs is 3. The lowest BCUT2D eigenvalue weighted by Crippen LogP contribution is -2.04. The van der Waals surface area contributed by atoms with Crippen LogP contribution >= 0.6 is 0 Å². The summed E-state index contributed by atoms with van der Waals surface area (Å²) < 4.78 is 35.3. The Kier molecular flexibility index (Phi) is 4.82. The molecule has 0 bridgehead atoms. The Hall–Kier alpha value is -3.80. The van der Waals surface area contributed by atoms with Gasteiger partial charge in [-0.25, -0.2) is 8.78 Å². The van der Waals surface area contributed by atoms with E-state index in [0.717, 1.165) is 28.0 Å². The molecule has 0 saturated heterocycles. The highest BCUT2D eigenvalue weighted by Crippen LogP contribution is 2.37. The molecule has 5 rings (SSSR count). The van der Waals surface area contributed by atoms with Crippen LogP contribution in [0.2, 0.25) is 0 Å². The summed E-state index contributed by atoms with van der Waals surface area (Å²) in [6.07, 6.45) is 1.95. The Labute approximate surface area is 178 Å². The summed E-state index contributed by atoms with van der Waals surface area (Å²) in [6, 6.07) is 18.7.